The zero-order valence-corrected chi connectivity index (χ0v) is 9.84. The zero-order valence-electron chi connectivity index (χ0n) is 9.84. The number of rotatable bonds is 2. The lowest BCUT2D eigenvalue weighted by Gasteiger charge is -2.32. The van der Waals surface area contributed by atoms with Gasteiger partial charge in [0.15, 0.2) is 0 Å². The summed E-state index contributed by atoms with van der Waals surface area (Å²) in [7, 11) is 0. The Labute approximate surface area is 100 Å². The number of hydrogen-bond donors (Lipinski definition) is 1. The summed E-state index contributed by atoms with van der Waals surface area (Å²) in [5, 5.41) is 8.27. The predicted octanol–water partition coefficient (Wildman–Crippen LogP) is 1.33. The molecular formula is C12H17N5. The third kappa shape index (κ3) is 2.02. The van der Waals surface area contributed by atoms with Gasteiger partial charge in [-0.25, -0.2) is 4.98 Å². The number of aromatic nitrogens is 4. The number of fused-ring (bicyclic) bond motifs is 1. The lowest BCUT2D eigenvalue weighted by atomic mass is 9.80. The van der Waals surface area contributed by atoms with Crippen LogP contribution in [0.2, 0.25) is 0 Å². The van der Waals surface area contributed by atoms with Gasteiger partial charge in [0.25, 0.3) is 5.78 Å². The Morgan fingerprint density at radius 3 is 2.88 bits per heavy atom. The first-order chi connectivity index (χ1) is 8.27. The lowest BCUT2D eigenvalue weighted by Crippen LogP contribution is -2.44. The molecule has 2 aromatic rings. The van der Waals surface area contributed by atoms with Crippen molar-refractivity contribution in [2.75, 3.05) is 0 Å². The first kappa shape index (κ1) is 10.7. The SMILES string of the molecule is NC1(Cc2nnc3ncccn23)CCCCC1. The van der Waals surface area contributed by atoms with Gasteiger partial charge in [-0.05, 0) is 18.9 Å². The molecule has 2 aromatic heterocycles. The van der Waals surface area contributed by atoms with E-state index in [-0.39, 0.29) is 5.54 Å². The van der Waals surface area contributed by atoms with E-state index in [2.05, 4.69) is 15.2 Å². The third-order valence-corrected chi connectivity index (χ3v) is 3.62. The van der Waals surface area contributed by atoms with Crippen LogP contribution < -0.4 is 5.73 Å². The lowest BCUT2D eigenvalue weighted by molar-refractivity contribution is 0.289. The van der Waals surface area contributed by atoms with E-state index in [9.17, 15) is 0 Å². The fourth-order valence-electron chi connectivity index (χ4n) is 2.66. The Balaban J connectivity index is 1.89. The van der Waals surface area contributed by atoms with E-state index in [0.717, 1.165) is 25.1 Å². The van der Waals surface area contributed by atoms with Gasteiger partial charge in [0.2, 0.25) is 0 Å². The molecule has 0 aromatic carbocycles. The number of nitrogens with two attached hydrogens (primary N) is 1. The van der Waals surface area contributed by atoms with Gasteiger partial charge in [-0.3, -0.25) is 4.40 Å². The summed E-state index contributed by atoms with van der Waals surface area (Å²) >= 11 is 0. The van der Waals surface area contributed by atoms with Crippen LogP contribution in [0.3, 0.4) is 0 Å². The van der Waals surface area contributed by atoms with E-state index in [1.165, 1.54) is 19.3 Å². The maximum atomic E-state index is 6.44. The molecule has 1 fully saturated rings. The molecule has 90 valence electrons. The molecule has 1 aliphatic carbocycles. The van der Waals surface area contributed by atoms with E-state index in [4.69, 9.17) is 5.73 Å². The van der Waals surface area contributed by atoms with Crippen molar-refractivity contribution in [1.29, 1.82) is 0 Å². The van der Waals surface area contributed by atoms with Gasteiger partial charge in [-0.1, -0.05) is 19.3 Å². The van der Waals surface area contributed by atoms with Gasteiger partial charge in [-0.2, -0.15) is 0 Å². The van der Waals surface area contributed by atoms with E-state index in [1.54, 1.807) is 6.20 Å². The first-order valence-corrected chi connectivity index (χ1v) is 6.20. The van der Waals surface area contributed by atoms with Crippen LogP contribution in [-0.2, 0) is 6.42 Å². The summed E-state index contributed by atoms with van der Waals surface area (Å²) in [6.07, 6.45) is 10.4. The topological polar surface area (TPSA) is 69.1 Å². The molecule has 0 amide bonds. The summed E-state index contributed by atoms with van der Waals surface area (Å²) in [6, 6.07) is 1.89. The fraction of sp³-hybridized carbons (Fsp3) is 0.583. The van der Waals surface area contributed by atoms with E-state index < -0.39 is 0 Å². The molecule has 1 aliphatic rings. The molecule has 2 N–H and O–H groups in total. The Bertz CT molecular complexity index is 512. The van der Waals surface area contributed by atoms with Crippen molar-refractivity contribution in [3.63, 3.8) is 0 Å². The molecule has 17 heavy (non-hydrogen) atoms. The highest BCUT2D eigenvalue weighted by molar-refractivity contribution is 5.26. The van der Waals surface area contributed by atoms with Crippen molar-refractivity contribution < 1.29 is 0 Å². The monoisotopic (exact) mass is 231 g/mol. The van der Waals surface area contributed by atoms with Crippen molar-refractivity contribution in [1.82, 2.24) is 19.6 Å². The molecule has 0 bridgehead atoms. The summed E-state index contributed by atoms with van der Waals surface area (Å²) in [5.74, 6) is 1.58. The van der Waals surface area contributed by atoms with Crippen LogP contribution >= 0.6 is 0 Å². The second-order valence-corrected chi connectivity index (χ2v) is 5.01. The number of hydrogen-bond acceptors (Lipinski definition) is 4. The molecule has 5 heteroatoms. The predicted molar refractivity (Wildman–Crippen MR) is 64.5 cm³/mol. The molecule has 0 aliphatic heterocycles. The standard InChI is InChI=1S/C12H17N5/c13-12(5-2-1-3-6-12)9-10-15-16-11-14-7-4-8-17(10)11/h4,7-8H,1-3,5-6,9,13H2. The normalized spacial score (nSPS) is 19.6. The maximum Gasteiger partial charge on any atom is 0.254 e. The maximum absolute atomic E-state index is 6.44. The largest absolute Gasteiger partial charge is 0.325 e. The summed E-state index contributed by atoms with van der Waals surface area (Å²) in [5.41, 5.74) is 6.34. The molecule has 1 saturated carbocycles. The Hall–Kier alpha value is -1.49. The minimum atomic E-state index is -0.100. The van der Waals surface area contributed by atoms with Gasteiger partial charge in [0.05, 0.1) is 0 Å². The van der Waals surface area contributed by atoms with Crippen LogP contribution in [0.4, 0.5) is 0 Å². The Morgan fingerprint density at radius 2 is 2.06 bits per heavy atom. The van der Waals surface area contributed by atoms with Gasteiger partial charge in [0.1, 0.15) is 5.82 Å². The molecule has 0 atom stereocenters. The second kappa shape index (κ2) is 4.07. The highest BCUT2D eigenvalue weighted by atomic mass is 15.3. The van der Waals surface area contributed by atoms with E-state index >= 15 is 0 Å². The average Bonchev–Trinajstić information content (AvgIpc) is 2.73. The van der Waals surface area contributed by atoms with Crippen molar-refractivity contribution in [2.45, 2.75) is 44.1 Å². The molecule has 0 radical (unpaired) electrons. The van der Waals surface area contributed by atoms with Crippen LogP contribution in [0.15, 0.2) is 18.5 Å². The fourth-order valence-corrected chi connectivity index (χ4v) is 2.66. The minimum absolute atomic E-state index is 0.100. The van der Waals surface area contributed by atoms with E-state index in [0.29, 0.717) is 5.78 Å². The van der Waals surface area contributed by atoms with Crippen LogP contribution in [0.1, 0.15) is 37.9 Å². The molecular weight excluding hydrogens is 214 g/mol. The Kier molecular flexibility index (Phi) is 2.55. The summed E-state index contributed by atoms with van der Waals surface area (Å²) in [6.45, 7) is 0. The number of nitrogens with zero attached hydrogens (tertiary/aromatic N) is 4. The quantitative estimate of drug-likeness (QED) is 0.846. The highest BCUT2D eigenvalue weighted by Crippen LogP contribution is 2.28. The minimum Gasteiger partial charge on any atom is -0.325 e. The smallest absolute Gasteiger partial charge is 0.254 e. The van der Waals surface area contributed by atoms with Crippen molar-refractivity contribution >= 4 is 5.78 Å². The van der Waals surface area contributed by atoms with Crippen LogP contribution in [0, 0.1) is 0 Å². The molecule has 5 nitrogen and oxygen atoms in total. The zero-order chi connectivity index (χ0) is 11.7. The molecule has 0 saturated heterocycles. The molecule has 0 unspecified atom stereocenters. The van der Waals surface area contributed by atoms with Crippen molar-refractivity contribution in [2.24, 2.45) is 5.73 Å². The summed E-state index contributed by atoms with van der Waals surface area (Å²) in [4.78, 5) is 4.17. The van der Waals surface area contributed by atoms with Gasteiger partial charge < -0.3 is 5.73 Å². The Morgan fingerprint density at radius 1 is 1.24 bits per heavy atom. The molecule has 3 rings (SSSR count). The van der Waals surface area contributed by atoms with Gasteiger partial charge in [0, 0.05) is 24.4 Å². The second-order valence-electron chi connectivity index (χ2n) is 5.01. The van der Waals surface area contributed by atoms with Crippen molar-refractivity contribution in [3.8, 4) is 0 Å². The average molecular weight is 231 g/mol. The highest BCUT2D eigenvalue weighted by Gasteiger charge is 2.29. The van der Waals surface area contributed by atoms with Gasteiger partial charge in [-0.15, -0.1) is 10.2 Å². The summed E-state index contributed by atoms with van der Waals surface area (Å²) < 4.78 is 1.93. The van der Waals surface area contributed by atoms with Crippen LogP contribution in [-0.4, -0.2) is 25.1 Å². The third-order valence-electron chi connectivity index (χ3n) is 3.62. The van der Waals surface area contributed by atoms with E-state index in [1.807, 2.05) is 16.7 Å². The van der Waals surface area contributed by atoms with Crippen LogP contribution in [0.5, 0.6) is 0 Å². The first-order valence-electron chi connectivity index (χ1n) is 6.20. The van der Waals surface area contributed by atoms with Crippen LogP contribution in [0.25, 0.3) is 5.78 Å². The molecule has 2 heterocycles. The van der Waals surface area contributed by atoms with Gasteiger partial charge >= 0.3 is 0 Å². The molecule has 0 spiro atoms. The van der Waals surface area contributed by atoms with Crippen molar-refractivity contribution in [3.05, 3.63) is 24.3 Å².